The van der Waals surface area contributed by atoms with Gasteiger partial charge in [0.25, 0.3) is 0 Å². The summed E-state index contributed by atoms with van der Waals surface area (Å²) in [4.78, 5) is 16.2. The molecule has 31 heavy (non-hydrogen) atoms. The van der Waals surface area contributed by atoms with Gasteiger partial charge in [-0.25, -0.2) is 4.79 Å². The summed E-state index contributed by atoms with van der Waals surface area (Å²) in [5, 5.41) is 7.91. The second-order valence-electron chi connectivity index (χ2n) is 6.66. The number of rotatable bonds is 6. The first-order chi connectivity index (χ1) is 14.9. The first-order valence-electron chi connectivity index (χ1n) is 9.34. The highest BCUT2D eigenvalue weighted by Gasteiger charge is 2.14. The molecular formula is C21H23ClN6O3. The van der Waals surface area contributed by atoms with E-state index in [-0.39, 0.29) is 23.2 Å². The second kappa shape index (κ2) is 9.48. The molecule has 3 rings (SSSR count). The van der Waals surface area contributed by atoms with Gasteiger partial charge in [-0.2, -0.15) is 9.36 Å². The van der Waals surface area contributed by atoms with Gasteiger partial charge in [0.05, 0.1) is 18.5 Å². The minimum atomic E-state index is -0.335. The molecule has 0 bridgehead atoms. The number of hydrogen-bond donors (Lipinski definition) is 1. The molecule has 1 heterocycles. The lowest BCUT2D eigenvalue weighted by Gasteiger charge is -2.14. The van der Waals surface area contributed by atoms with Crippen LogP contribution in [0.1, 0.15) is 16.7 Å². The van der Waals surface area contributed by atoms with Crippen molar-refractivity contribution in [1.29, 1.82) is 0 Å². The van der Waals surface area contributed by atoms with Crippen LogP contribution in [0.2, 0.25) is 0 Å². The van der Waals surface area contributed by atoms with Gasteiger partial charge >= 0.3 is 5.69 Å². The Balaban J connectivity index is 1.84. The number of tetrazole rings is 1. The van der Waals surface area contributed by atoms with Gasteiger partial charge < -0.3 is 15.2 Å². The Labute approximate surface area is 184 Å². The van der Waals surface area contributed by atoms with Gasteiger partial charge in [-0.3, -0.25) is 4.99 Å². The van der Waals surface area contributed by atoms with E-state index in [0.29, 0.717) is 17.1 Å². The molecule has 0 spiro atoms. The predicted octanol–water partition coefficient (Wildman–Crippen LogP) is 2.39. The third-order valence-electron chi connectivity index (χ3n) is 4.63. The fourth-order valence-electron chi connectivity index (χ4n) is 2.96. The number of nitrogens with zero attached hydrogens (tertiary/aromatic N) is 5. The molecule has 0 aliphatic heterocycles. The minimum Gasteiger partial charge on any atom is -0.489 e. The van der Waals surface area contributed by atoms with E-state index in [0.717, 1.165) is 16.7 Å². The maximum absolute atomic E-state index is 12.2. The minimum absolute atomic E-state index is 0.237. The van der Waals surface area contributed by atoms with E-state index in [9.17, 15) is 4.79 Å². The number of aliphatic imine (C=N–C) groups is 1. The van der Waals surface area contributed by atoms with Gasteiger partial charge in [-0.05, 0) is 52.7 Å². The van der Waals surface area contributed by atoms with E-state index in [1.807, 2.05) is 43.3 Å². The molecule has 0 saturated heterocycles. The highest BCUT2D eigenvalue weighted by atomic mass is 35.5. The van der Waals surface area contributed by atoms with Crippen molar-refractivity contribution < 1.29 is 9.47 Å². The average molecular weight is 443 g/mol. The summed E-state index contributed by atoms with van der Waals surface area (Å²) >= 11 is 6.28. The highest BCUT2D eigenvalue weighted by Crippen LogP contribution is 2.26. The van der Waals surface area contributed by atoms with E-state index in [2.05, 4.69) is 15.4 Å². The molecule has 2 aromatic carbocycles. The Morgan fingerprint density at radius 3 is 2.58 bits per heavy atom. The van der Waals surface area contributed by atoms with Crippen molar-refractivity contribution in [3.8, 4) is 11.4 Å². The Morgan fingerprint density at radius 1 is 1.23 bits per heavy atom. The number of nitrogens with two attached hydrogens (primary N) is 1. The van der Waals surface area contributed by atoms with Gasteiger partial charge in [0.1, 0.15) is 17.4 Å². The number of benzene rings is 2. The molecular weight excluding hydrogens is 420 g/mol. The molecule has 0 unspecified atom stereocenters. The fraction of sp³-hybridized carbons (Fsp3) is 0.238. The van der Waals surface area contributed by atoms with Crippen LogP contribution in [0.15, 0.2) is 57.3 Å². The molecule has 3 aromatic rings. The Bertz CT molecular complexity index is 1210. The lowest BCUT2D eigenvalue weighted by Crippen LogP contribution is -2.23. The molecule has 0 aliphatic rings. The van der Waals surface area contributed by atoms with Crippen molar-refractivity contribution in [2.45, 2.75) is 13.5 Å². The van der Waals surface area contributed by atoms with Crippen LogP contribution in [0.4, 0.5) is 0 Å². The Morgan fingerprint density at radius 2 is 1.97 bits per heavy atom. The Kier molecular flexibility index (Phi) is 6.76. The number of para-hydroxylation sites is 1. The first kappa shape index (κ1) is 22.1. The van der Waals surface area contributed by atoms with E-state index >= 15 is 0 Å². The predicted molar refractivity (Wildman–Crippen MR) is 119 cm³/mol. The number of aryl methyl sites for hydroxylation is 2. The summed E-state index contributed by atoms with van der Waals surface area (Å²) in [6.07, 6.45) is 0. The molecule has 9 nitrogen and oxygen atoms in total. The second-order valence-corrected chi connectivity index (χ2v) is 7.03. The van der Waals surface area contributed by atoms with Gasteiger partial charge in [0, 0.05) is 19.7 Å². The third-order valence-corrected chi connectivity index (χ3v) is 5.00. The van der Waals surface area contributed by atoms with E-state index in [4.69, 9.17) is 26.8 Å². The number of ether oxygens (including phenoxy) is 2. The van der Waals surface area contributed by atoms with E-state index in [1.165, 1.54) is 16.5 Å². The first-order valence-corrected chi connectivity index (χ1v) is 9.72. The summed E-state index contributed by atoms with van der Waals surface area (Å²) in [6.45, 7) is 2.14. The van der Waals surface area contributed by atoms with Crippen LogP contribution in [-0.4, -0.2) is 39.8 Å². The molecule has 0 fully saturated rings. The largest absolute Gasteiger partial charge is 0.489 e. The fourth-order valence-corrected chi connectivity index (χ4v) is 3.23. The van der Waals surface area contributed by atoms with Crippen LogP contribution in [0.5, 0.6) is 5.75 Å². The lowest BCUT2D eigenvalue weighted by molar-refractivity contribution is 0.303. The van der Waals surface area contributed by atoms with Crippen LogP contribution < -0.4 is 16.2 Å². The van der Waals surface area contributed by atoms with Crippen molar-refractivity contribution in [1.82, 2.24) is 19.8 Å². The maximum atomic E-state index is 12.2. The summed E-state index contributed by atoms with van der Waals surface area (Å²) in [6, 6.07) is 12.9. The lowest BCUT2D eigenvalue weighted by atomic mass is 10.1. The molecule has 0 radical (unpaired) electrons. The summed E-state index contributed by atoms with van der Waals surface area (Å²) in [7, 11) is 4.60. The van der Waals surface area contributed by atoms with Crippen LogP contribution in [0, 0.1) is 6.92 Å². The Hall–Kier alpha value is -3.59. The molecule has 162 valence electrons. The monoisotopic (exact) mass is 442 g/mol. The zero-order valence-corrected chi connectivity index (χ0v) is 18.4. The van der Waals surface area contributed by atoms with Gasteiger partial charge in [-0.1, -0.05) is 29.8 Å². The van der Waals surface area contributed by atoms with E-state index in [1.54, 1.807) is 20.2 Å². The van der Waals surface area contributed by atoms with Crippen LogP contribution in [-0.2, 0) is 18.4 Å². The van der Waals surface area contributed by atoms with Gasteiger partial charge in [-0.15, -0.1) is 0 Å². The van der Waals surface area contributed by atoms with Crippen LogP contribution >= 0.6 is 11.6 Å². The van der Waals surface area contributed by atoms with Gasteiger partial charge in [0.15, 0.2) is 0 Å². The van der Waals surface area contributed by atoms with E-state index < -0.39 is 0 Å². The normalized spacial score (nSPS) is 12.5. The molecule has 0 saturated carbocycles. The maximum Gasteiger partial charge on any atom is 0.368 e. The molecule has 0 atom stereocenters. The third kappa shape index (κ3) is 4.61. The zero-order valence-electron chi connectivity index (χ0n) is 17.7. The smallest absolute Gasteiger partial charge is 0.368 e. The summed E-state index contributed by atoms with van der Waals surface area (Å²) in [5.74, 6) is 0.929. The standard InChI is InChI=1S/C21H23ClN6O3/c1-13-11-14(19(23)18(22)20(24-2)30-4)9-10-17(13)31-12-15-7-5-6-8-16(15)28-21(29)27(3)25-26-28/h5-11H,12,23H2,1-4H3. The number of methoxy groups -OCH3 is 1. The van der Waals surface area contributed by atoms with Gasteiger partial charge in [0.2, 0.25) is 5.90 Å². The van der Waals surface area contributed by atoms with Crippen molar-refractivity contribution in [2.24, 2.45) is 17.8 Å². The number of halogens is 1. The molecule has 10 heteroatoms. The topological polar surface area (TPSA) is 110 Å². The number of hydrogen-bond acceptors (Lipinski definition) is 7. The number of aromatic nitrogens is 4. The SMILES string of the molecule is CN=C(OC)C(Cl)=C(N)c1ccc(OCc2ccccc2-n2nnn(C)c2=O)c(C)c1. The van der Waals surface area contributed by atoms with Crippen molar-refractivity contribution >= 4 is 23.2 Å². The van der Waals surface area contributed by atoms with Crippen LogP contribution in [0.3, 0.4) is 0 Å². The molecule has 1 aromatic heterocycles. The summed E-state index contributed by atoms with van der Waals surface area (Å²) < 4.78 is 13.5. The molecule has 0 aliphatic carbocycles. The van der Waals surface area contributed by atoms with Crippen molar-refractivity contribution in [3.05, 3.63) is 74.7 Å². The van der Waals surface area contributed by atoms with Crippen molar-refractivity contribution in [2.75, 3.05) is 14.2 Å². The average Bonchev–Trinajstić information content (AvgIpc) is 3.11. The highest BCUT2D eigenvalue weighted by molar-refractivity contribution is 6.45. The quantitative estimate of drug-likeness (QED) is 0.463. The summed E-state index contributed by atoms with van der Waals surface area (Å²) in [5.41, 5.74) is 9.18. The van der Waals surface area contributed by atoms with Crippen LogP contribution in [0.25, 0.3) is 11.4 Å². The van der Waals surface area contributed by atoms with Crippen molar-refractivity contribution in [3.63, 3.8) is 0 Å². The molecule has 0 amide bonds. The zero-order chi connectivity index (χ0) is 22.5. The molecule has 2 N–H and O–H groups in total.